The highest BCUT2D eigenvalue weighted by atomic mass is 32.1. The summed E-state index contributed by atoms with van der Waals surface area (Å²) in [6.45, 7) is 7.61. The summed E-state index contributed by atoms with van der Waals surface area (Å²) < 4.78 is 0. The van der Waals surface area contributed by atoms with Crippen LogP contribution >= 0.6 is 11.3 Å². The van der Waals surface area contributed by atoms with E-state index in [4.69, 9.17) is 0 Å². The van der Waals surface area contributed by atoms with Gasteiger partial charge in [0.2, 0.25) is 5.91 Å². The molecule has 4 rings (SSSR count). The van der Waals surface area contributed by atoms with E-state index >= 15 is 0 Å². The normalized spacial score (nSPS) is 14.2. The third-order valence-electron chi connectivity index (χ3n) is 5.36. The Morgan fingerprint density at radius 2 is 1.55 bits per heavy atom. The molecule has 1 N–H and O–H groups in total. The molecule has 31 heavy (non-hydrogen) atoms. The maximum atomic E-state index is 13.2. The lowest BCUT2D eigenvalue weighted by atomic mass is 10.0. The van der Waals surface area contributed by atoms with Crippen molar-refractivity contribution >= 4 is 34.2 Å². The topological polar surface area (TPSA) is 79.4 Å². The summed E-state index contributed by atoms with van der Waals surface area (Å²) in [5.41, 5.74) is 3.60. The molecule has 0 radical (unpaired) electrons. The van der Waals surface area contributed by atoms with E-state index in [0.29, 0.717) is 16.3 Å². The zero-order valence-electron chi connectivity index (χ0n) is 17.8. The summed E-state index contributed by atoms with van der Waals surface area (Å²) in [5, 5.41) is 3.28. The van der Waals surface area contributed by atoms with Gasteiger partial charge in [-0.1, -0.05) is 55.8 Å². The average Bonchev–Trinajstić information content (AvgIpc) is 3.21. The van der Waals surface area contributed by atoms with Crippen molar-refractivity contribution in [2.24, 2.45) is 5.92 Å². The molecule has 0 saturated carbocycles. The van der Waals surface area contributed by atoms with E-state index < -0.39 is 23.8 Å². The highest BCUT2D eigenvalue weighted by Crippen LogP contribution is 2.32. The van der Waals surface area contributed by atoms with Gasteiger partial charge in [-0.2, -0.15) is 0 Å². The predicted octanol–water partition coefficient (Wildman–Crippen LogP) is 4.69. The number of thiazole rings is 1. The first-order valence-corrected chi connectivity index (χ1v) is 10.9. The SMILES string of the molecule is Cc1ccc(-c2nc(NC(=O)[C@H](C(C)C)N3C(=O)c4ccccc4C3=O)sc2C)cc1. The second kappa shape index (κ2) is 8.07. The molecule has 0 saturated heterocycles. The Hall–Kier alpha value is -3.32. The Balaban J connectivity index is 1.60. The van der Waals surface area contributed by atoms with E-state index in [1.54, 1.807) is 24.3 Å². The number of imide groups is 1. The molecule has 2 heterocycles. The van der Waals surface area contributed by atoms with E-state index in [1.807, 2.05) is 52.0 Å². The number of carbonyl (C=O) groups excluding carboxylic acids is 3. The zero-order valence-corrected chi connectivity index (χ0v) is 18.6. The Bertz CT molecular complexity index is 1150. The fourth-order valence-corrected chi connectivity index (χ4v) is 4.63. The smallest absolute Gasteiger partial charge is 0.262 e. The van der Waals surface area contributed by atoms with Crippen molar-refractivity contribution < 1.29 is 14.4 Å². The van der Waals surface area contributed by atoms with Gasteiger partial charge in [-0.15, -0.1) is 11.3 Å². The number of aryl methyl sites for hydroxylation is 2. The molecule has 1 aliphatic heterocycles. The van der Waals surface area contributed by atoms with Crippen molar-refractivity contribution in [3.05, 3.63) is 70.1 Å². The summed E-state index contributed by atoms with van der Waals surface area (Å²) in [6.07, 6.45) is 0. The van der Waals surface area contributed by atoms with Crippen molar-refractivity contribution in [3.8, 4) is 11.3 Å². The third-order valence-corrected chi connectivity index (χ3v) is 6.24. The molecule has 0 aliphatic carbocycles. The molecule has 1 aliphatic rings. The summed E-state index contributed by atoms with van der Waals surface area (Å²) in [7, 11) is 0. The van der Waals surface area contributed by atoms with E-state index in [0.717, 1.165) is 26.6 Å². The van der Waals surface area contributed by atoms with Crippen LogP contribution in [-0.4, -0.2) is 33.6 Å². The fourth-order valence-electron chi connectivity index (χ4n) is 3.79. The van der Waals surface area contributed by atoms with Crippen molar-refractivity contribution in [3.63, 3.8) is 0 Å². The minimum absolute atomic E-state index is 0.264. The van der Waals surface area contributed by atoms with Gasteiger partial charge >= 0.3 is 0 Å². The van der Waals surface area contributed by atoms with Gasteiger partial charge in [0, 0.05) is 10.4 Å². The van der Waals surface area contributed by atoms with Crippen LogP contribution in [0.3, 0.4) is 0 Å². The Labute approximate surface area is 184 Å². The van der Waals surface area contributed by atoms with Gasteiger partial charge in [0.05, 0.1) is 16.8 Å². The Kier molecular flexibility index (Phi) is 5.45. The molecule has 3 aromatic rings. The van der Waals surface area contributed by atoms with Crippen LogP contribution in [0.25, 0.3) is 11.3 Å². The lowest BCUT2D eigenvalue weighted by molar-refractivity contribution is -0.121. The lowest BCUT2D eigenvalue weighted by Crippen LogP contribution is -2.50. The molecule has 6 nitrogen and oxygen atoms in total. The molecule has 0 fully saturated rings. The zero-order chi connectivity index (χ0) is 22.3. The number of hydrogen-bond acceptors (Lipinski definition) is 5. The first-order chi connectivity index (χ1) is 14.8. The monoisotopic (exact) mass is 433 g/mol. The molecule has 158 valence electrons. The number of aromatic nitrogens is 1. The van der Waals surface area contributed by atoms with Gasteiger partial charge in [0.1, 0.15) is 6.04 Å². The largest absolute Gasteiger partial charge is 0.300 e. The maximum Gasteiger partial charge on any atom is 0.262 e. The molecular formula is C24H23N3O3S. The number of carbonyl (C=O) groups is 3. The second-order valence-corrected chi connectivity index (χ2v) is 9.20. The highest BCUT2D eigenvalue weighted by molar-refractivity contribution is 7.16. The molecule has 1 atom stereocenters. The molecular weight excluding hydrogens is 410 g/mol. The van der Waals surface area contributed by atoms with Gasteiger partial charge in [-0.25, -0.2) is 4.98 Å². The van der Waals surface area contributed by atoms with E-state index in [1.165, 1.54) is 11.3 Å². The van der Waals surface area contributed by atoms with Crippen LogP contribution < -0.4 is 5.32 Å². The molecule has 3 amide bonds. The number of fused-ring (bicyclic) bond motifs is 1. The van der Waals surface area contributed by atoms with Crippen LogP contribution in [0.2, 0.25) is 0 Å². The number of anilines is 1. The van der Waals surface area contributed by atoms with Gasteiger partial charge < -0.3 is 5.32 Å². The van der Waals surface area contributed by atoms with E-state index in [2.05, 4.69) is 10.3 Å². The second-order valence-electron chi connectivity index (χ2n) is 7.99. The number of nitrogens with zero attached hydrogens (tertiary/aromatic N) is 2. The maximum absolute atomic E-state index is 13.2. The van der Waals surface area contributed by atoms with Crippen LogP contribution in [0.1, 0.15) is 45.0 Å². The third kappa shape index (κ3) is 3.77. The van der Waals surface area contributed by atoms with Crippen molar-refractivity contribution in [1.82, 2.24) is 9.88 Å². The number of rotatable bonds is 5. The number of hydrogen-bond donors (Lipinski definition) is 1. The first kappa shape index (κ1) is 20.9. The van der Waals surface area contributed by atoms with Crippen LogP contribution in [-0.2, 0) is 4.79 Å². The number of benzene rings is 2. The van der Waals surface area contributed by atoms with Crippen LogP contribution in [0.5, 0.6) is 0 Å². The highest BCUT2D eigenvalue weighted by Gasteiger charge is 2.44. The van der Waals surface area contributed by atoms with Crippen molar-refractivity contribution in [2.75, 3.05) is 5.32 Å². The predicted molar refractivity (Wildman–Crippen MR) is 121 cm³/mol. The average molecular weight is 434 g/mol. The standard InChI is InChI=1S/C24H23N3O3S/c1-13(2)20(27-22(29)17-7-5-6-8-18(17)23(27)30)21(28)26-24-25-19(15(4)31-24)16-11-9-14(3)10-12-16/h5-13,20H,1-4H3,(H,25,26,28)/t20-/m0/s1. The van der Waals surface area contributed by atoms with Crippen LogP contribution in [0, 0.1) is 19.8 Å². The number of nitrogens with one attached hydrogen (secondary N) is 1. The first-order valence-electron chi connectivity index (χ1n) is 10.1. The van der Waals surface area contributed by atoms with Gasteiger partial charge in [-0.3, -0.25) is 19.3 Å². The van der Waals surface area contributed by atoms with Gasteiger partial charge in [0.15, 0.2) is 5.13 Å². The quantitative estimate of drug-likeness (QED) is 0.592. The fraction of sp³-hybridized carbons (Fsp3) is 0.250. The number of amides is 3. The summed E-state index contributed by atoms with van der Waals surface area (Å²) in [6, 6.07) is 13.8. The van der Waals surface area contributed by atoms with Crippen molar-refractivity contribution in [2.45, 2.75) is 33.7 Å². The Morgan fingerprint density at radius 3 is 2.10 bits per heavy atom. The minimum atomic E-state index is -0.931. The molecule has 2 aromatic carbocycles. The van der Waals surface area contributed by atoms with Gasteiger partial charge in [-0.05, 0) is 31.9 Å². The van der Waals surface area contributed by atoms with E-state index in [-0.39, 0.29) is 5.92 Å². The summed E-state index contributed by atoms with van der Waals surface area (Å²) in [4.78, 5) is 45.6. The van der Waals surface area contributed by atoms with Crippen molar-refractivity contribution in [1.29, 1.82) is 0 Å². The van der Waals surface area contributed by atoms with Gasteiger partial charge in [0.25, 0.3) is 11.8 Å². The summed E-state index contributed by atoms with van der Waals surface area (Å²) in [5.74, 6) is -1.57. The molecule has 0 spiro atoms. The minimum Gasteiger partial charge on any atom is -0.300 e. The molecule has 1 aromatic heterocycles. The summed E-state index contributed by atoms with van der Waals surface area (Å²) >= 11 is 1.37. The molecule has 0 unspecified atom stereocenters. The van der Waals surface area contributed by atoms with Crippen LogP contribution in [0.4, 0.5) is 5.13 Å². The molecule has 0 bridgehead atoms. The van der Waals surface area contributed by atoms with Crippen LogP contribution in [0.15, 0.2) is 48.5 Å². The van der Waals surface area contributed by atoms with E-state index in [9.17, 15) is 14.4 Å². The Morgan fingerprint density at radius 1 is 0.968 bits per heavy atom. The molecule has 7 heteroatoms. The lowest BCUT2D eigenvalue weighted by Gasteiger charge is -2.27.